The van der Waals surface area contributed by atoms with E-state index in [0.29, 0.717) is 12.2 Å². The maximum absolute atomic E-state index is 11.8. The third-order valence-electron chi connectivity index (χ3n) is 2.77. The highest BCUT2D eigenvalue weighted by atomic mass is 79.9. The Labute approximate surface area is 91.8 Å². The summed E-state index contributed by atoms with van der Waals surface area (Å²) in [7, 11) is 0. The van der Waals surface area contributed by atoms with Crippen molar-refractivity contribution in [3.05, 3.63) is 22.6 Å². The first-order chi connectivity index (χ1) is 6.79. The number of hydrogen-bond acceptors (Lipinski definition) is 2. The van der Waals surface area contributed by atoms with E-state index in [1.165, 1.54) is 6.42 Å². The molecule has 1 aromatic rings. The van der Waals surface area contributed by atoms with Crippen LogP contribution in [-0.4, -0.2) is 5.78 Å². The number of hydrogen-bond donors (Lipinski definition) is 0. The zero-order valence-corrected chi connectivity index (χ0v) is 9.55. The van der Waals surface area contributed by atoms with Crippen molar-refractivity contribution in [3.8, 4) is 0 Å². The predicted molar refractivity (Wildman–Crippen MR) is 57.2 cm³/mol. The largest absolute Gasteiger partial charge is 0.467 e. The Morgan fingerprint density at radius 3 is 2.93 bits per heavy atom. The van der Waals surface area contributed by atoms with Crippen molar-refractivity contribution in [2.75, 3.05) is 0 Å². The molecule has 76 valence electrons. The molecule has 0 aromatic carbocycles. The Kier molecular flexibility index (Phi) is 3.06. The van der Waals surface area contributed by atoms with Crippen molar-refractivity contribution >= 4 is 21.7 Å². The average molecular weight is 257 g/mol. The van der Waals surface area contributed by atoms with E-state index in [9.17, 15) is 4.79 Å². The van der Waals surface area contributed by atoms with Gasteiger partial charge in [0.15, 0.2) is 0 Å². The summed E-state index contributed by atoms with van der Waals surface area (Å²) in [5, 5.41) is 0. The minimum absolute atomic E-state index is 0.0122. The van der Waals surface area contributed by atoms with Crippen molar-refractivity contribution in [3.63, 3.8) is 0 Å². The second kappa shape index (κ2) is 4.30. The summed E-state index contributed by atoms with van der Waals surface area (Å²) in [6.45, 7) is 0. The minimum Gasteiger partial charge on any atom is -0.467 e. The highest BCUT2D eigenvalue weighted by molar-refractivity contribution is 9.10. The van der Waals surface area contributed by atoms with Gasteiger partial charge in [0, 0.05) is 6.42 Å². The summed E-state index contributed by atoms with van der Waals surface area (Å²) in [5.74, 6) is 1.14. The molecule has 0 spiro atoms. The van der Waals surface area contributed by atoms with E-state index in [4.69, 9.17) is 4.42 Å². The third-order valence-corrected chi connectivity index (χ3v) is 3.42. The Morgan fingerprint density at radius 2 is 2.21 bits per heavy atom. The number of ketones is 1. The van der Waals surface area contributed by atoms with Gasteiger partial charge < -0.3 is 4.42 Å². The number of Topliss-reactive ketones (excluding diaryl/α,β-unsaturated/α-hetero) is 1. The molecule has 0 bridgehead atoms. The summed E-state index contributed by atoms with van der Waals surface area (Å²) in [6.07, 6.45) is 6.61. The van der Waals surface area contributed by atoms with Gasteiger partial charge in [0.2, 0.25) is 0 Å². The van der Waals surface area contributed by atoms with Crippen LogP contribution in [0.4, 0.5) is 0 Å². The van der Waals surface area contributed by atoms with Crippen LogP contribution < -0.4 is 0 Å². The summed E-state index contributed by atoms with van der Waals surface area (Å²) in [6, 6.07) is 1.85. The molecule has 2 nitrogen and oxygen atoms in total. The lowest BCUT2D eigenvalue weighted by Crippen LogP contribution is -2.09. The molecule has 1 unspecified atom stereocenters. The SMILES string of the molecule is O=C1CCCCCC1c1occc1Br. The number of halogens is 1. The summed E-state index contributed by atoms with van der Waals surface area (Å²) in [4.78, 5) is 11.8. The first kappa shape index (κ1) is 9.97. The van der Waals surface area contributed by atoms with Crippen molar-refractivity contribution in [2.24, 2.45) is 0 Å². The zero-order valence-electron chi connectivity index (χ0n) is 7.96. The highest BCUT2D eigenvalue weighted by Gasteiger charge is 2.26. The van der Waals surface area contributed by atoms with Crippen LogP contribution in [-0.2, 0) is 4.79 Å². The van der Waals surface area contributed by atoms with Crippen LogP contribution in [0.5, 0.6) is 0 Å². The lowest BCUT2D eigenvalue weighted by molar-refractivity contribution is -0.120. The van der Waals surface area contributed by atoms with Gasteiger partial charge in [0.25, 0.3) is 0 Å². The normalized spacial score (nSPS) is 23.5. The standard InChI is InChI=1S/C11H13BrO2/c12-9-6-7-14-11(9)8-4-2-1-3-5-10(8)13/h6-8H,1-5H2. The predicted octanol–water partition coefficient (Wildman–Crippen LogP) is 3.66. The molecule has 1 aromatic heterocycles. The van der Waals surface area contributed by atoms with Gasteiger partial charge in [-0.1, -0.05) is 12.8 Å². The number of carbonyl (C=O) groups is 1. The van der Waals surface area contributed by atoms with Crippen molar-refractivity contribution in [1.82, 2.24) is 0 Å². The molecular weight excluding hydrogens is 244 g/mol. The average Bonchev–Trinajstić information content (AvgIpc) is 2.46. The molecule has 0 saturated heterocycles. The van der Waals surface area contributed by atoms with E-state index in [0.717, 1.165) is 29.5 Å². The Hall–Kier alpha value is -0.570. The van der Waals surface area contributed by atoms with Gasteiger partial charge >= 0.3 is 0 Å². The molecule has 1 heterocycles. The fraction of sp³-hybridized carbons (Fsp3) is 0.545. The van der Waals surface area contributed by atoms with Crippen LogP contribution in [0, 0.1) is 0 Å². The molecular formula is C11H13BrO2. The fourth-order valence-corrected chi connectivity index (χ4v) is 2.47. The topological polar surface area (TPSA) is 30.2 Å². The molecule has 0 N–H and O–H groups in total. The van der Waals surface area contributed by atoms with Crippen molar-refractivity contribution in [2.45, 2.75) is 38.0 Å². The summed E-state index contributed by atoms with van der Waals surface area (Å²) >= 11 is 3.41. The molecule has 1 aliphatic carbocycles. The maximum atomic E-state index is 11.8. The molecule has 1 atom stereocenters. The van der Waals surface area contributed by atoms with Gasteiger partial charge in [-0.2, -0.15) is 0 Å². The number of furan rings is 1. The van der Waals surface area contributed by atoms with E-state index in [2.05, 4.69) is 15.9 Å². The molecule has 0 amide bonds. The van der Waals surface area contributed by atoms with Gasteiger partial charge in [-0.15, -0.1) is 0 Å². The van der Waals surface area contributed by atoms with E-state index < -0.39 is 0 Å². The second-order valence-corrected chi connectivity index (χ2v) is 4.61. The highest BCUT2D eigenvalue weighted by Crippen LogP contribution is 2.33. The fourth-order valence-electron chi connectivity index (χ4n) is 1.99. The second-order valence-electron chi connectivity index (χ2n) is 3.75. The zero-order chi connectivity index (χ0) is 9.97. The molecule has 14 heavy (non-hydrogen) atoms. The van der Waals surface area contributed by atoms with E-state index in [1.807, 2.05) is 6.07 Å². The third kappa shape index (κ3) is 1.92. The Balaban J connectivity index is 2.23. The van der Waals surface area contributed by atoms with Crippen LogP contribution in [0.25, 0.3) is 0 Å². The van der Waals surface area contributed by atoms with E-state index in [1.54, 1.807) is 6.26 Å². The molecule has 1 saturated carbocycles. The lowest BCUT2D eigenvalue weighted by atomic mass is 9.96. The maximum Gasteiger partial charge on any atom is 0.143 e. The minimum atomic E-state index is -0.0122. The van der Waals surface area contributed by atoms with Gasteiger partial charge in [0.1, 0.15) is 11.5 Å². The molecule has 0 aliphatic heterocycles. The smallest absolute Gasteiger partial charge is 0.143 e. The molecule has 1 fully saturated rings. The van der Waals surface area contributed by atoms with E-state index >= 15 is 0 Å². The quantitative estimate of drug-likeness (QED) is 0.718. The Morgan fingerprint density at radius 1 is 1.36 bits per heavy atom. The monoisotopic (exact) mass is 256 g/mol. The summed E-state index contributed by atoms with van der Waals surface area (Å²) in [5.41, 5.74) is 0. The van der Waals surface area contributed by atoms with E-state index in [-0.39, 0.29) is 5.92 Å². The van der Waals surface area contributed by atoms with Crippen LogP contribution >= 0.6 is 15.9 Å². The van der Waals surface area contributed by atoms with Gasteiger partial charge in [-0.05, 0) is 34.8 Å². The number of carbonyl (C=O) groups excluding carboxylic acids is 1. The van der Waals surface area contributed by atoms with Gasteiger partial charge in [0.05, 0.1) is 16.7 Å². The van der Waals surface area contributed by atoms with Crippen LogP contribution in [0.2, 0.25) is 0 Å². The van der Waals surface area contributed by atoms with Gasteiger partial charge in [-0.3, -0.25) is 4.79 Å². The molecule has 1 aliphatic rings. The van der Waals surface area contributed by atoms with Gasteiger partial charge in [-0.25, -0.2) is 0 Å². The van der Waals surface area contributed by atoms with Crippen LogP contribution in [0.15, 0.2) is 21.2 Å². The van der Waals surface area contributed by atoms with Crippen LogP contribution in [0.3, 0.4) is 0 Å². The Bertz CT molecular complexity index is 330. The molecule has 2 rings (SSSR count). The van der Waals surface area contributed by atoms with Crippen LogP contribution in [0.1, 0.15) is 43.8 Å². The van der Waals surface area contributed by atoms with Crippen molar-refractivity contribution in [1.29, 1.82) is 0 Å². The summed E-state index contributed by atoms with van der Waals surface area (Å²) < 4.78 is 6.29. The first-order valence-electron chi connectivity index (χ1n) is 5.04. The molecule has 3 heteroatoms. The number of rotatable bonds is 1. The first-order valence-corrected chi connectivity index (χ1v) is 5.84. The lowest BCUT2D eigenvalue weighted by Gasteiger charge is -2.09. The van der Waals surface area contributed by atoms with Crippen molar-refractivity contribution < 1.29 is 9.21 Å². The molecule has 0 radical (unpaired) electrons.